The number of hydrogen-bond donors (Lipinski definition) is 2. The first-order chi connectivity index (χ1) is 22.6. The summed E-state index contributed by atoms with van der Waals surface area (Å²) in [6.45, 7) is -1.47. The molecule has 1 saturated heterocycles. The van der Waals surface area contributed by atoms with E-state index in [-0.39, 0.29) is 44.1 Å². The van der Waals surface area contributed by atoms with Crippen LogP contribution in [0.25, 0.3) is 22.4 Å². The van der Waals surface area contributed by atoms with Gasteiger partial charge in [-0.15, -0.1) is 12.4 Å². The maximum Gasteiger partial charge on any atom is 0.405 e. The Labute approximate surface area is 282 Å². The molecule has 1 aromatic heterocycles. The van der Waals surface area contributed by atoms with Gasteiger partial charge in [-0.25, -0.2) is 0 Å². The number of rotatable bonds is 10. The number of amides is 2. The van der Waals surface area contributed by atoms with Gasteiger partial charge in [0.05, 0.1) is 31.1 Å². The van der Waals surface area contributed by atoms with Crippen LogP contribution in [0.1, 0.15) is 40.7 Å². The number of unbranched alkanes of at least 4 members (excludes halogenated alkanes) is 1. The highest BCUT2D eigenvalue weighted by Crippen LogP contribution is 2.54. The predicted molar refractivity (Wildman–Crippen MR) is 178 cm³/mol. The van der Waals surface area contributed by atoms with Crippen LogP contribution < -0.4 is 10.6 Å². The van der Waals surface area contributed by atoms with Crippen LogP contribution in [0.4, 0.5) is 13.2 Å². The van der Waals surface area contributed by atoms with Crippen LogP contribution in [-0.4, -0.2) is 54.9 Å². The number of aromatic nitrogens is 1. The Hall–Kier alpha value is -4.02. The molecule has 2 heterocycles. The van der Waals surface area contributed by atoms with Crippen LogP contribution in [0, 0.1) is 0 Å². The molecule has 4 aromatic rings. The fraction of sp³-hybridized carbons (Fsp3) is 0.286. The molecule has 0 atom stereocenters. The zero-order valence-corrected chi connectivity index (χ0v) is 27.5. The monoisotopic (exact) mass is 699 g/mol. The van der Waals surface area contributed by atoms with E-state index in [9.17, 15) is 27.3 Å². The van der Waals surface area contributed by atoms with Crippen molar-refractivity contribution in [1.82, 2.24) is 15.6 Å². The summed E-state index contributed by atoms with van der Waals surface area (Å²) < 4.78 is 64.2. The third kappa shape index (κ3) is 7.34. The van der Waals surface area contributed by atoms with Crippen molar-refractivity contribution in [3.05, 3.63) is 114 Å². The Kier molecular flexibility index (Phi) is 10.7. The lowest BCUT2D eigenvalue weighted by atomic mass is 9.73. The zero-order valence-electron chi connectivity index (χ0n) is 25.7. The first-order valence-corrected chi connectivity index (χ1v) is 17.1. The van der Waals surface area contributed by atoms with Crippen molar-refractivity contribution in [2.45, 2.75) is 36.9 Å². The SMILES string of the molecule is Cl.O=C(NC1COP(=O)(CCCCC2(C(=O)NCC(F)(F)F)c3ccccc3-c3ccccc32)OC1)c1ccccc1-c1ccccn1. The van der Waals surface area contributed by atoms with E-state index >= 15 is 0 Å². The molecule has 3 aromatic carbocycles. The highest BCUT2D eigenvalue weighted by atomic mass is 35.5. The molecule has 2 aliphatic rings. The molecule has 1 fully saturated rings. The Bertz CT molecular complexity index is 1770. The lowest BCUT2D eigenvalue weighted by Gasteiger charge is -2.32. The third-order valence-corrected chi connectivity index (χ3v) is 10.5. The molecule has 0 radical (unpaired) electrons. The average Bonchev–Trinajstić information content (AvgIpc) is 3.37. The largest absolute Gasteiger partial charge is 0.405 e. The maximum atomic E-state index is 13.7. The number of nitrogens with zero attached hydrogens (tertiary/aromatic N) is 1. The maximum absolute atomic E-state index is 13.7. The van der Waals surface area contributed by atoms with Crippen molar-refractivity contribution in [2.75, 3.05) is 25.9 Å². The van der Waals surface area contributed by atoms with Crippen molar-refractivity contribution >= 4 is 31.8 Å². The number of halogens is 4. The topological polar surface area (TPSA) is 107 Å². The molecule has 6 rings (SSSR count). The highest BCUT2D eigenvalue weighted by molar-refractivity contribution is 7.53. The van der Waals surface area contributed by atoms with Crippen LogP contribution in [0.2, 0.25) is 0 Å². The van der Waals surface area contributed by atoms with Crippen molar-refractivity contribution in [3.63, 3.8) is 0 Å². The van der Waals surface area contributed by atoms with Gasteiger partial charge < -0.3 is 19.7 Å². The van der Waals surface area contributed by atoms with Crippen LogP contribution in [0.3, 0.4) is 0 Å². The van der Waals surface area contributed by atoms with E-state index in [4.69, 9.17) is 9.05 Å². The van der Waals surface area contributed by atoms with Gasteiger partial charge in [-0.3, -0.25) is 19.1 Å². The van der Waals surface area contributed by atoms with Gasteiger partial charge >= 0.3 is 13.8 Å². The van der Waals surface area contributed by atoms with Gasteiger partial charge in [-0.05, 0) is 53.3 Å². The Balaban J connectivity index is 0.00000451. The van der Waals surface area contributed by atoms with Crippen molar-refractivity contribution in [1.29, 1.82) is 0 Å². The summed E-state index contributed by atoms with van der Waals surface area (Å²) >= 11 is 0. The second-order valence-corrected chi connectivity index (χ2v) is 13.8. The predicted octanol–water partition coefficient (Wildman–Crippen LogP) is 7.32. The molecule has 0 unspecified atom stereocenters. The number of benzene rings is 3. The van der Waals surface area contributed by atoms with Crippen LogP contribution in [0.15, 0.2) is 97.2 Å². The summed E-state index contributed by atoms with van der Waals surface area (Å²) in [4.78, 5) is 31.2. The molecule has 13 heteroatoms. The lowest BCUT2D eigenvalue weighted by molar-refractivity contribution is -0.141. The second kappa shape index (κ2) is 14.6. The summed E-state index contributed by atoms with van der Waals surface area (Å²) in [6, 6.07) is 26.5. The highest BCUT2D eigenvalue weighted by Gasteiger charge is 2.49. The Morgan fingerprint density at radius 1 is 0.833 bits per heavy atom. The third-order valence-electron chi connectivity index (χ3n) is 8.53. The van der Waals surface area contributed by atoms with Gasteiger partial charge in [0.15, 0.2) is 0 Å². The minimum Gasteiger partial charge on any atom is -0.346 e. The van der Waals surface area contributed by atoms with E-state index in [1.165, 1.54) is 0 Å². The molecule has 2 N–H and O–H groups in total. The van der Waals surface area contributed by atoms with Gasteiger partial charge in [0.1, 0.15) is 12.0 Å². The molecular weight excluding hydrogens is 666 g/mol. The molecule has 0 saturated carbocycles. The van der Waals surface area contributed by atoms with Gasteiger partial charge in [0, 0.05) is 17.3 Å². The molecule has 48 heavy (non-hydrogen) atoms. The molecule has 0 spiro atoms. The van der Waals surface area contributed by atoms with Crippen LogP contribution in [0.5, 0.6) is 0 Å². The lowest BCUT2D eigenvalue weighted by Crippen LogP contribution is -2.47. The number of pyridine rings is 1. The molecular formula is C35H34ClF3N3O5P. The molecule has 1 aliphatic carbocycles. The standard InChI is InChI=1S/C35H33F3N3O5P.ClH/c36-35(37,38)23-40-33(43)34(29-15-5-3-11-25(29)26-12-4-6-16-30(26)34)18-8-10-20-47(44)45-21-24(22-46-47)41-32(42)28-14-2-1-13-27(28)31-17-7-9-19-39-31;/h1-7,9,11-17,19,24H,8,10,18,20-23H2,(H,40,43)(H,41,42);1H. The number of carbonyl (C=O) groups is 2. The molecule has 252 valence electrons. The molecule has 2 amide bonds. The number of carbonyl (C=O) groups excluding carboxylic acids is 2. The van der Waals surface area contributed by atoms with Crippen molar-refractivity contribution in [2.24, 2.45) is 0 Å². The number of hydrogen-bond acceptors (Lipinski definition) is 6. The van der Waals surface area contributed by atoms with E-state index in [2.05, 4.69) is 15.6 Å². The smallest absolute Gasteiger partial charge is 0.346 e. The summed E-state index contributed by atoms with van der Waals surface area (Å²) in [5, 5.41) is 5.01. The van der Waals surface area contributed by atoms with E-state index < -0.39 is 37.7 Å². The summed E-state index contributed by atoms with van der Waals surface area (Å²) in [7, 11) is -3.51. The van der Waals surface area contributed by atoms with Crippen LogP contribution >= 0.6 is 20.0 Å². The first-order valence-electron chi connectivity index (χ1n) is 15.3. The summed E-state index contributed by atoms with van der Waals surface area (Å²) in [5.74, 6) is -1.07. The van der Waals surface area contributed by atoms with Gasteiger partial charge in [-0.2, -0.15) is 13.2 Å². The molecule has 0 bridgehead atoms. The van der Waals surface area contributed by atoms with E-state index in [0.29, 0.717) is 40.8 Å². The number of alkyl halides is 3. The van der Waals surface area contributed by atoms with Crippen molar-refractivity contribution < 1.29 is 36.4 Å². The van der Waals surface area contributed by atoms with Gasteiger partial charge in [0.25, 0.3) is 5.91 Å². The Morgan fingerprint density at radius 2 is 1.42 bits per heavy atom. The summed E-state index contributed by atoms with van der Waals surface area (Å²) in [6.07, 6.45) is -1.96. The normalized spacial score (nSPS) is 19.4. The first kappa shape index (κ1) is 35.3. The minimum absolute atomic E-state index is 0. The van der Waals surface area contributed by atoms with E-state index in [1.54, 1.807) is 48.7 Å². The second-order valence-electron chi connectivity index (χ2n) is 11.6. The van der Waals surface area contributed by atoms with Crippen molar-refractivity contribution in [3.8, 4) is 22.4 Å². The van der Waals surface area contributed by atoms with Gasteiger partial charge in [0.2, 0.25) is 5.91 Å². The van der Waals surface area contributed by atoms with E-state index in [1.807, 2.05) is 48.5 Å². The Morgan fingerprint density at radius 3 is 2.02 bits per heavy atom. The number of nitrogens with one attached hydrogen (secondary N) is 2. The summed E-state index contributed by atoms with van der Waals surface area (Å²) in [5.41, 5.74) is 3.29. The zero-order chi connectivity index (χ0) is 33.1. The minimum atomic E-state index is -4.57. The number of fused-ring (bicyclic) bond motifs is 3. The van der Waals surface area contributed by atoms with E-state index in [0.717, 1.165) is 11.1 Å². The van der Waals surface area contributed by atoms with Crippen LogP contribution in [-0.2, 0) is 23.8 Å². The quantitative estimate of drug-likeness (QED) is 0.133. The molecule has 1 aliphatic heterocycles. The fourth-order valence-electron chi connectivity index (χ4n) is 6.37. The van der Waals surface area contributed by atoms with Gasteiger partial charge in [-0.1, -0.05) is 79.2 Å². The average molecular weight is 700 g/mol. The molecule has 8 nitrogen and oxygen atoms in total. The fourth-order valence-corrected chi connectivity index (χ4v) is 8.13.